The zero-order valence-corrected chi connectivity index (χ0v) is 13.7. The maximum atomic E-state index is 12.5. The van der Waals surface area contributed by atoms with Crippen molar-refractivity contribution in [3.8, 4) is 5.75 Å². The Hall–Kier alpha value is -3.34. The van der Waals surface area contributed by atoms with Crippen LogP contribution in [0.4, 0.5) is 5.69 Å². The molecular weight excluding hydrogens is 318 g/mol. The van der Waals surface area contributed by atoms with Crippen molar-refractivity contribution in [2.45, 2.75) is 6.92 Å². The van der Waals surface area contributed by atoms with Gasteiger partial charge in [0.05, 0.1) is 17.7 Å². The van der Waals surface area contributed by atoms with Crippen molar-refractivity contribution in [2.24, 2.45) is 0 Å². The molecule has 0 heterocycles. The second-order valence-electron chi connectivity index (χ2n) is 5.44. The number of phenolic OH excluding ortho intramolecular Hbond substituents is 1. The van der Waals surface area contributed by atoms with Crippen LogP contribution in [0.2, 0.25) is 0 Å². The first kappa shape index (κ1) is 16.5. The first-order valence-corrected chi connectivity index (χ1v) is 7.89. The number of phenols is 1. The lowest BCUT2D eigenvalue weighted by Crippen LogP contribution is -2.05. The van der Waals surface area contributed by atoms with Gasteiger partial charge in [-0.1, -0.05) is 30.3 Å². The molecule has 0 saturated carbocycles. The largest absolute Gasteiger partial charge is 0.618 e. The normalized spacial score (nSPS) is 11.5. The lowest BCUT2D eigenvalue weighted by molar-refractivity contribution is -0.354. The van der Waals surface area contributed by atoms with E-state index in [-0.39, 0.29) is 5.75 Å². The van der Waals surface area contributed by atoms with Crippen LogP contribution in [0, 0.1) is 5.21 Å². The fourth-order valence-electron chi connectivity index (χ4n) is 2.57. The van der Waals surface area contributed by atoms with Crippen LogP contribution in [0.5, 0.6) is 5.75 Å². The van der Waals surface area contributed by atoms with Gasteiger partial charge in [-0.05, 0) is 35.9 Å². The number of benzene rings is 3. The monoisotopic (exact) mass is 335 g/mol. The number of ether oxygens (including phenoxy) is 1. The highest BCUT2D eigenvalue weighted by Gasteiger charge is 2.11. The minimum absolute atomic E-state index is 0.0303. The molecule has 0 unspecified atom stereocenters. The van der Waals surface area contributed by atoms with Gasteiger partial charge in [0.15, 0.2) is 6.21 Å². The maximum absolute atomic E-state index is 12.5. The lowest BCUT2D eigenvalue weighted by Gasteiger charge is -2.07. The van der Waals surface area contributed by atoms with Crippen molar-refractivity contribution < 1.29 is 19.4 Å². The summed E-state index contributed by atoms with van der Waals surface area (Å²) in [6.07, 6.45) is 1.33. The number of carbonyl (C=O) groups excluding carboxylic acids is 1. The molecule has 3 aromatic rings. The molecule has 5 heteroatoms. The fourth-order valence-corrected chi connectivity index (χ4v) is 2.57. The highest BCUT2D eigenvalue weighted by molar-refractivity contribution is 6.01. The third kappa shape index (κ3) is 3.45. The summed E-state index contributed by atoms with van der Waals surface area (Å²) >= 11 is 0. The number of carbonyl (C=O) groups is 1. The minimum atomic E-state index is -0.429. The van der Waals surface area contributed by atoms with Crippen LogP contribution in [0.15, 0.2) is 60.7 Å². The third-order valence-corrected chi connectivity index (χ3v) is 3.83. The number of rotatable bonds is 4. The molecule has 0 amide bonds. The molecule has 3 aromatic carbocycles. The minimum Gasteiger partial charge on any atom is -0.618 e. The molecule has 0 saturated heterocycles. The second-order valence-corrected chi connectivity index (χ2v) is 5.44. The molecule has 0 bridgehead atoms. The summed E-state index contributed by atoms with van der Waals surface area (Å²) in [6, 6.07) is 17.0. The van der Waals surface area contributed by atoms with E-state index in [2.05, 4.69) is 0 Å². The van der Waals surface area contributed by atoms with Crippen LogP contribution in [0.3, 0.4) is 0 Å². The lowest BCUT2D eigenvalue weighted by atomic mass is 10.0. The molecule has 1 N–H and O–H groups in total. The van der Waals surface area contributed by atoms with E-state index in [1.165, 1.54) is 30.5 Å². The van der Waals surface area contributed by atoms with Crippen LogP contribution in [0.1, 0.15) is 22.8 Å². The maximum Gasteiger partial charge on any atom is 0.338 e. The number of hydrogen-bond acceptors (Lipinski definition) is 4. The summed E-state index contributed by atoms with van der Waals surface area (Å²) in [5.74, 6) is -0.398. The van der Waals surface area contributed by atoms with Gasteiger partial charge in [-0.2, -0.15) is 4.74 Å². The standard InChI is InChI=1S/C20H17NO4/c1-2-25-20(23)15-7-10-16(11-8-15)21(24)13-18-17-6-4-3-5-14(17)9-12-19(18)22/h3-13,22H,2H2,1H3. The van der Waals surface area contributed by atoms with E-state index in [0.29, 0.717) is 28.2 Å². The zero-order valence-electron chi connectivity index (χ0n) is 13.7. The van der Waals surface area contributed by atoms with E-state index in [9.17, 15) is 15.1 Å². The van der Waals surface area contributed by atoms with Crippen molar-refractivity contribution >= 4 is 28.6 Å². The van der Waals surface area contributed by atoms with Crippen LogP contribution in [0.25, 0.3) is 10.8 Å². The summed E-state index contributed by atoms with van der Waals surface area (Å²) in [4.78, 5) is 11.7. The van der Waals surface area contributed by atoms with Crippen LogP contribution >= 0.6 is 0 Å². The van der Waals surface area contributed by atoms with E-state index < -0.39 is 5.97 Å². The zero-order chi connectivity index (χ0) is 17.8. The van der Waals surface area contributed by atoms with Crippen molar-refractivity contribution in [2.75, 3.05) is 6.61 Å². The Bertz CT molecular complexity index is 946. The van der Waals surface area contributed by atoms with E-state index in [1.54, 1.807) is 19.1 Å². The van der Waals surface area contributed by atoms with Crippen LogP contribution in [-0.4, -0.2) is 28.6 Å². The van der Waals surface area contributed by atoms with Crippen molar-refractivity contribution in [3.63, 3.8) is 0 Å². The average molecular weight is 335 g/mol. The molecule has 3 rings (SSSR count). The summed E-state index contributed by atoms with van der Waals surface area (Å²) < 4.78 is 5.58. The van der Waals surface area contributed by atoms with E-state index in [0.717, 1.165) is 10.8 Å². The predicted molar refractivity (Wildman–Crippen MR) is 96.5 cm³/mol. The number of esters is 1. The molecule has 5 nitrogen and oxygen atoms in total. The van der Waals surface area contributed by atoms with Gasteiger partial charge in [0.1, 0.15) is 5.75 Å². The Labute approximate surface area is 145 Å². The molecule has 126 valence electrons. The Morgan fingerprint density at radius 2 is 1.84 bits per heavy atom. The number of aromatic hydroxyl groups is 1. The van der Waals surface area contributed by atoms with Gasteiger partial charge in [0.25, 0.3) is 0 Å². The van der Waals surface area contributed by atoms with Gasteiger partial charge in [0.2, 0.25) is 5.69 Å². The quantitative estimate of drug-likeness (QED) is 0.257. The van der Waals surface area contributed by atoms with Crippen LogP contribution < -0.4 is 0 Å². The Morgan fingerprint density at radius 1 is 1.12 bits per heavy atom. The third-order valence-electron chi connectivity index (χ3n) is 3.83. The fraction of sp³-hybridized carbons (Fsp3) is 0.100. The highest BCUT2D eigenvalue weighted by Crippen LogP contribution is 2.26. The molecular formula is C20H17NO4. The summed E-state index contributed by atoms with van der Waals surface area (Å²) in [5, 5.41) is 24.3. The smallest absolute Gasteiger partial charge is 0.338 e. The van der Waals surface area contributed by atoms with Crippen molar-refractivity contribution in [1.29, 1.82) is 0 Å². The number of fused-ring (bicyclic) bond motifs is 1. The first-order valence-electron chi connectivity index (χ1n) is 7.89. The Morgan fingerprint density at radius 3 is 2.56 bits per heavy atom. The average Bonchev–Trinajstić information content (AvgIpc) is 2.64. The Kier molecular flexibility index (Phi) is 4.66. The molecule has 0 spiro atoms. The van der Waals surface area contributed by atoms with Crippen molar-refractivity contribution in [1.82, 2.24) is 0 Å². The first-order chi connectivity index (χ1) is 12.1. The molecule has 0 aromatic heterocycles. The molecule has 0 fully saturated rings. The summed E-state index contributed by atoms with van der Waals surface area (Å²) in [5.41, 5.74) is 1.18. The Balaban J connectivity index is 1.97. The topological polar surface area (TPSA) is 72.6 Å². The van der Waals surface area contributed by atoms with Crippen molar-refractivity contribution in [3.05, 3.63) is 77.0 Å². The molecule has 0 aliphatic heterocycles. The van der Waals surface area contributed by atoms with Gasteiger partial charge in [0, 0.05) is 12.1 Å². The van der Waals surface area contributed by atoms with E-state index >= 15 is 0 Å². The molecule has 0 atom stereocenters. The number of hydrogen-bond donors (Lipinski definition) is 1. The van der Waals surface area contributed by atoms with Gasteiger partial charge in [-0.25, -0.2) is 4.79 Å². The summed E-state index contributed by atoms with van der Waals surface area (Å²) in [6.45, 7) is 2.03. The molecule has 0 aliphatic rings. The molecule has 25 heavy (non-hydrogen) atoms. The highest BCUT2D eigenvalue weighted by atomic mass is 16.5. The summed E-state index contributed by atoms with van der Waals surface area (Å²) in [7, 11) is 0. The SMILES string of the molecule is CCOC(=O)c1ccc([N+]([O-])=Cc2c(O)ccc3ccccc23)cc1. The van der Waals surface area contributed by atoms with E-state index in [4.69, 9.17) is 4.74 Å². The van der Waals surface area contributed by atoms with Gasteiger partial charge >= 0.3 is 5.97 Å². The second kappa shape index (κ2) is 7.05. The molecule has 0 radical (unpaired) electrons. The predicted octanol–water partition coefficient (Wildman–Crippen LogP) is 3.98. The number of nitrogens with zero attached hydrogens (tertiary/aromatic N) is 1. The van der Waals surface area contributed by atoms with Gasteiger partial charge in [-0.15, -0.1) is 0 Å². The molecule has 0 aliphatic carbocycles. The van der Waals surface area contributed by atoms with Gasteiger partial charge < -0.3 is 15.1 Å². The van der Waals surface area contributed by atoms with Gasteiger partial charge in [-0.3, -0.25) is 0 Å². The van der Waals surface area contributed by atoms with E-state index in [1.807, 2.05) is 24.3 Å². The van der Waals surface area contributed by atoms with Crippen LogP contribution in [-0.2, 0) is 4.74 Å².